The maximum atomic E-state index is 9.82. The Bertz CT molecular complexity index is 379. The third-order valence-corrected chi connectivity index (χ3v) is 4.60. The first-order chi connectivity index (χ1) is 9.11. The van der Waals surface area contributed by atoms with Gasteiger partial charge in [0.25, 0.3) is 0 Å². The van der Waals surface area contributed by atoms with Crippen molar-refractivity contribution in [1.29, 1.82) is 0 Å². The Morgan fingerprint density at radius 1 is 1.16 bits per heavy atom. The highest BCUT2D eigenvalue weighted by Crippen LogP contribution is 2.30. The van der Waals surface area contributed by atoms with Crippen molar-refractivity contribution >= 4 is 5.69 Å². The van der Waals surface area contributed by atoms with Gasteiger partial charge in [-0.3, -0.25) is 0 Å². The van der Waals surface area contributed by atoms with E-state index in [4.69, 9.17) is 0 Å². The lowest BCUT2D eigenvalue weighted by Gasteiger charge is -2.35. The average molecular weight is 261 g/mol. The molecule has 0 aliphatic heterocycles. The topological polar surface area (TPSA) is 23.5 Å². The average Bonchev–Trinajstić information content (AvgIpc) is 2.46. The van der Waals surface area contributed by atoms with Crippen molar-refractivity contribution in [1.82, 2.24) is 0 Å². The quantitative estimate of drug-likeness (QED) is 0.880. The highest BCUT2D eigenvalue weighted by Gasteiger charge is 2.21. The summed E-state index contributed by atoms with van der Waals surface area (Å²) in [5.41, 5.74) is 2.29. The van der Waals surface area contributed by atoms with Gasteiger partial charge in [-0.2, -0.15) is 0 Å². The number of aliphatic hydroxyl groups is 1. The molecule has 0 unspecified atom stereocenters. The van der Waals surface area contributed by atoms with Crippen molar-refractivity contribution in [2.75, 3.05) is 11.9 Å². The van der Waals surface area contributed by atoms with E-state index < -0.39 is 0 Å². The van der Waals surface area contributed by atoms with Crippen molar-refractivity contribution in [2.24, 2.45) is 5.92 Å². The molecule has 1 saturated carbocycles. The predicted molar refractivity (Wildman–Crippen MR) is 81.5 cm³/mol. The van der Waals surface area contributed by atoms with Crippen molar-refractivity contribution in [3.05, 3.63) is 29.8 Å². The van der Waals surface area contributed by atoms with Gasteiger partial charge in [0, 0.05) is 18.8 Å². The van der Waals surface area contributed by atoms with Gasteiger partial charge < -0.3 is 10.0 Å². The van der Waals surface area contributed by atoms with Gasteiger partial charge in [-0.05, 0) is 55.7 Å². The molecule has 1 fully saturated rings. The second kappa shape index (κ2) is 6.42. The fourth-order valence-electron chi connectivity index (χ4n) is 3.01. The van der Waals surface area contributed by atoms with E-state index >= 15 is 0 Å². The summed E-state index contributed by atoms with van der Waals surface area (Å²) in [7, 11) is 2.20. The monoisotopic (exact) mass is 261 g/mol. The number of nitrogens with zero attached hydrogens (tertiary/aromatic N) is 1. The fourth-order valence-corrected chi connectivity index (χ4v) is 3.01. The molecule has 1 aliphatic rings. The number of benzene rings is 1. The zero-order chi connectivity index (χ0) is 13.8. The molecule has 1 N–H and O–H groups in total. The largest absolute Gasteiger partial charge is 0.388 e. The van der Waals surface area contributed by atoms with Gasteiger partial charge in [-0.25, -0.2) is 0 Å². The molecule has 1 atom stereocenters. The summed E-state index contributed by atoms with van der Waals surface area (Å²) in [5.74, 6) is 0.895. The third-order valence-electron chi connectivity index (χ3n) is 4.60. The Kier molecular flexibility index (Phi) is 4.87. The zero-order valence-corrected chi connectivity index (χ0v) is 12.5. The van der Waals surface area contributed by atoms with Crippen LogP contribution in [0.25, 0.3) is 0 Å². The van der Waals surface area contributed by atoms with Gasteiger partial charge in [-0.1, -0.05) is 26.0 Å². The molecular formula is C17H27NO. The van der Waals surface area contributed by atoms with Crippen molar-refractivity contribution in [2.45, 2.75) is 58.1 Å². The summed E-state index contributed by atoms with van der Waals surface area (Å²) in [4.78, 5) is 2.41. The van der Waals surface area contributed by atoms with Gasteiger partial charge in [0.05, 0.1) is 6.10 Å². The Morgan fingerprint density at radius 3 is 2.26 bits per heavy atom. The normalized spacial score (nSPS) is 25.1. The van der Waals surface area contributed by atoms with E-state index in [2.05, 4.69) is 43.1 Å². The summed E-state index contributed by atoms with van der Waals surface area (Å²) < 4.78 is 0. The molecule has 2 heteroatoms. The minimum atomic E-state index is -0.324. The lowest BCUT2D eigenvalue weighted by Crippen LogP contribution is -2.34. The van der Waals surface area contributed by atoms with Gasteiger partial charge >= 0.3 is 0 Å². The van der Waals surface area contributed by atoms with Crippen LogP contribution in [0.2, 0.25) is 0 Å². The Balaban J connectivity index is 2.01. The first kappa shape index (κ1) is 14.4. The van der Waals surface area contributed by atoms with Crippen LogP contribution in [0.5, 0.6) is 0 Å². The second-order valence-corrected chi connectivity index (χ2v) is 6.04. The van der Waals surface area contributed by atoms with E-state index in [9.17, 15) is 5.11 Å². The zero-order valence-electron chi connectivity index (χ0n) is 12.5. The number of rotatable bonds is 4. The number of hydrogen-bond donors (Lipinski definition) is 1. The molecule has 0 saturated heterocycles. The molecule has 106 valence electrons. The maximum Gasteiger partial charge on any atom is 0.0787 e. The molecule has 2 rings (SSSR count). The molecule has 0 spiro atoms. The van der Waals surface area contributed by atoms with Gasteiger partial charge in [0.15, 0.2) is 0 Å². The van der Waals surface area contributed by atoms with Gasteiger partial charge in [0.1, 0.15) is 0 Å². The molecule has 0 heterocycles. The van der Waals surface area contributed by atoms with Crippen molar-refractivity contribution in [3.63, 3.8) is 0 Å². The molecule has 0 bridgehead atoms. The SMILES string of the molecule is CC[C@@H](O)c1ccc(N(C)C2CCC(C)CC2)cc1. The Labute approximate surface area is 117 Å². The lowest BCUT2D eigenvalue weighted by atomic mass is 9.86. The van der Waals surface area contributed by atoms with Crippen molar-refractivity contribution in [3.8, 4) is 0 Å². The third kappa shape index (κ3) is 3.50. The molecule has 0 aromatic heterocycles. The first-order valence-electron chi connectivity index (χ1n) is 7.62. The molecule has 19 heavy (non-hydrogen) atoms. The highest BCUT2D eigenvalue weighted by molar-refractivity contribution is 5.48. The number of aliphatic hydroxyl groups excluding tert-OH is 1. The van der Waals surface area contributed by atoms with Crippen LogP contribution in [0.1, 0.15) is 57.6 Å². The van der Waals surface area contributed by atoms with E-state index in [-0.39, 0.29) is 6.10 Å². The minimum absolute atomic E-state index is 0.324. The number of hydrogen-bond acceptors (Lipinski definition) is 2. The summed E-state index contributed by atoms with van der Waals surface area (Å²) in [6.07, 6.45) is 5.75. The molecule has 1 aromatic rings. The van der Waals surface area contributed by atoms with E-state index in [0.717, 1.165) is 17.9 Å². The Hall–Kier alpha value is -1.02. The van der Waals surface area contributed by atoms with E-state index in [1.165, 1.54) is 31.4 Å². The van der Waals surface area contributed by atoms with Crippen LogP contribution in [0, 0.1) is 5.92 Å². The van der Waals surface area contributed by atoms with Crippen LogP contribution in [-0.4, -0.2) is 18.2 Å². The van der Waals surface area contributed by atoms with Crippen LogP contribution in [-0.2, 0) is 0 Å². The molecule has 2 nitrogen and oxygen atoms in total. The smallest absolute Gasteiger partial charge is 0.0787 e. The lowest BCUT2D eigenvalue weighted by molar-refractivity contribution is 0.173. The molecule has 1 aliphatic carbocycles. The van der Waals surface area contributed by atoms with Crippen LogP contribution in [0.3, 0.4) is 0 Å². The molecular weight excluding hydrogens is 234 g/mol. The maximum absolute atomic E-state index is 9.82. The molecule has 0 amide bonds. The van der Waals surface area contributed by atoms with E-state index in [1.54, 1.807) is 0 Å². The van der Waals surface area contributed by atoms with E-state index in [1.807, 2.05) is 6.92 Å². The first-order valence-corrected chi connectivity index (χ1v) is 7.62. The standard InChI is InChI=1S/C17H27NO/c1-4-17(19)14-7-11-16(12-8-14)18(3)15-9-5-13(2)6-10-15/h7-8,11-13,15,17,19H,4-6,9-10H2,1-3H3/t13?,15?,17-/m1/s1. The molecule has 0 radical (unpaired) electrons. The summed E-state index contributed by atoms with van der Waals surface area (Å²) in [6, 6.07) is 9.09. The highest BCUT2D eigenvalue weighted by atomic mass is 16.3. The van der Waals surface area contributed by atoms with Crippen molar-refractivity contribution < 1.29 is 5.11 Å². The summed E-state index contributed by atoms with van der Waals surface area (Å²) in [5, 5.41) is 9.82. The van der Waals surface area contributed by atoms with Crippen LogP contribution in [0.4, 0.5) is 5.69 Å². The second-order valence-electron chi connectivity index (χ2n) is 6.04. The molecule has 1 aromatic carbocycles. The van der Waals surface area contributed by atoms with Crippen LogP contribution in [0.15, 0.2) is 24.3 Å². The van der Waals surface area contributed by atoms with E-state index in [0.29, 0.717) is 6.04 Å². The van der Waals surface area contributed by atoms with Crippen LogP contribution < -0.4 is 4.90 Å². The minimum Gasteiger partial charge on any atom is -0.388 e. The fraction of sp³-hybridized carbons (Fsp3) is 0.647. The summed E-state index contributed by atoms with van der Waals surface area (Å²) in [6.45, 7) is 4.37. The number of anilines is 1. The van der Waals surface area contributed by atoms with Gasteiger partial charge in [-0.15, -0.1) is 0 Å². The predicted octanol–water partition coefficient (Wildman–Crippen LogP) is 4.14. The summed E-state index contributed by atoms with van der Waals surface area (Å²) >= 11 is 0. The van der Waals surface area contributed by atoms with Gasteiger partial charge in [0.2, 0.25) is 0 Å². The van der Waals surface area contributed by atoms with Crippen LogP contribution >= 0.6 is 0 Å². The Morgan fingerprint density at radius 2 is 1.74 bits per heavy atom.